The summed E-state index contributed by atoms with van der Waals surface area (Å²) in [5.74, 6) is 0.181. The number of hydrogen-bond acceptors (Lipinski definition) is 1. The van der Waals surface area contributed by atoms with E-state index < -0.39 is 0 Å². The highest BCUT2D eigenvalue weighted by atomic mass is 16.1. The van der Waals surface area contributed by atoms with Crippen LogP contribution in [-0.4, -0.2) is 5.78 Å². The van der Waals surface area contributed by atoms with Crippen LogP contribution in [0, 0.1) is 0 Å². The van der Waals surface area contributed by atoms with Gasteiger partial charge in [0.2, 0.25) is 11.0 Å². The first-order valence-corrected chi connectivity index (χ1v) is 8.21. The van der Waals surface area contributed by atoms with Crippen molar-refractivity contribution < 1.29 is 9.36 Å². The van der Waals surface area contributed by atoms with Gasteiger partial charge in [-0.2, -0.15) is 4.57 Å². The van der Waals surface area contributed by atoms with Crippen LogP contribution in [0.15, 0.2) is 84.9 Å². The number of aromatic nitrogens is 1. The third kappa shape index (κ3) is 2.67. The molecule has 2 heteroatoms. The molecule has 0 aliphatic heterocycles. The molecular formula is C22H18NO+. The molecule has 0 N–H and O–H groups in total. The lowest BCUT2D eigenvalue weighted by molar-refractivity contribution is -0.643. The van der Waals surface area contributed by atoms with Gasteiger partial charge >= 0.3 is 0 Å². The van der Waals surface area contributed by atoms with Gasteiger partial charge in [-0.1, -0.05) is 54.6 Å². The van der Waals surface area contributed by atoms with Crippen molar-refractivity contribution in [1.29, 1.82) is 0 Å². The Hall–Kier alpha value is -3.00. The van der Waals surface area contributed by atoms with E-state index in [1.54, 1.807) is 0 Å². The second-order valence-electron chi connectivity index (χ2n) is 5.95. The predicted molar refractivity (Wildman–Crippen MR) is 97.0 cm³/mol. The molecule has 116 valence electrons. The molecule has 0 amide bonds. The number of rotatable bonds is 4. The Balaban J connectivity index is 1.75. The Bertz CT molecular complexity index is 968. The maximum atomic E-state index is 12.5. The molecule has 0 saturated carbocycles. The minimum absolute atomic E-state index is 0.181. The Morgan fingerprint density at radius 1 is 0.708 bits per heavy atom. The smallest absolute Gasteiger partial charge is 0.213 e. The molecule has 0 fully saturated rings. The number of carbonyl (C=O) groups excluding carboxylic acids is 1. The van der Waals surface area contributed by atoms with E-state index in [9.17, 15) is 4.79 Å². The SMILES string of the molecule is O=C(CC[n+]1c2ccccc2cc2ccccc21)c1ccccc1. The van der Waals surface area contributed by atoms with E-state index in [0.29, 0.717) is 13.0 Å². The number of carbonyl (C=O) groups is 1. The topological polar surface area (TPSA) is 20.9 Å². The predicted octanol–water partition coefficient (Wildman–Crippen LogP) is 4.55. The fourth-order valence-corrected chi connectivity index (χ4v) is 3.23. The molecule has 0 unspecified atom stereocenters. The summed E-state index contributed by atoms with van der Waals surface area (Å²) in [5, 5.41) is 2.40. The number of benzene rings is 3. The van der Waals surface area contributed by atoms with Gasteiger partial charge < -0.3 is 0 Å². The van der Waals surface area contributed by atoms with Gasteiger partial charge in [0.15, 0.2) is 12.3 Å². The number of aryl methyl sites for hydroxylation is 1. The lowest BCUT2D eigenvalue weighted by Gasteiger charge is -2.06. The van der Waals surface area contributed by atoms with Crippen molar-refractivity contribution >= 4 is 27.6 Å². The Kier molecular flexibility index (Phi) is 3.80. The van der Waals surface area contributed by atoms with Crippen molar-refractivity contribution in [2.24, 2.45) is 0 Å². The Labute approximate surface area is 141 Å². The van der Waals surface area contributed by atoms with Crippen molar-refractivity contribution in [1.82, 2.24) is 0 Å². The maximum Gasteiger partial charge on any atom is 0.213 e. The molecule has 4 aromatic rings. The first-order chi connectivity index (χ1) is 11.8. The monoisotopic (exact) mass is 312 g/mol. The van der Waals surface area contributed by atoms with Crippen LogP contribution >= 0.6 is 0 Å². The average Bonchev–Trinajstić information content (AvgIpc) is 2.65. The van der Waals surface area contributed by atoms with Crippen LogP contribution in [0.3, 0.4) is 0 Å². The van der Waals surface area contributed by atoms with Gasteiger partial charge in [0.1, 0.15) is 0 Å². The number of hydrogen-bond donors (Lipinski definition) is 0. The van der Waals surface area contributed by atoms with Gasteiger partial charge in [-0.15, -0.1) is 0 Å². The van der Waals surface area contributed by atoms with Crippen LogP contribution in [0.5, 0.6) is 0 Å². The van der Waals surface area contributed by atoms with Crippen LogP contribution in [0.2, 0.25) is 0 Å². The molecule has 0 aliphatic carbocycles. The first-order valence-electron chi connectivity index (χ1n) is 8.21. The molecule has 0 spiro atoms. The van der Waals surface area contributed by atoms with E-state index in [1.807, 2.05) is 42.5 Å². The highest BCUT2D eigenvalue weighted by molar-refractivity contribution is 5.96. The molecule has 0 aliphatic rings. The Morgan fingerprint density at radius 3 is 1.88 bits per heavy atom. The summed E-state index contributed by atoms with van der Waals surface area (Å²) in [6, 6.07) is 28.4. The highest BCUT2D eigenvalue weighted by Crippen LogP contribution is 2.18. The van der Waals surface area contributed by atoms with Crippen molar-refractivity contribution in [2.75, 3.05) is 0 Å². The maximum absolute atomic E-state index is 12.5. The molecule has 4 rings (SSSR count). The number of Topliss-reactive ketones (excluding diaryl/α,β-unsaturated/α-hetero) is 1. The summed E-state index contributed by atoms with van der Waals surface area (Å²) in [6.45, 7) is 0.676. The molecule has 2 nitrogen and oxygen atoms in total. The van der Waals surface area contributed by atoms with Crippen molar-refractivity contribution in [2.45, 2.75) is 13.0 Å². The second kappa shape index (κ2) is 6.25. The minimum atomic E-state index is 0.181. The molecule has 0 bridgehead atoms. The van der Waals surface area contributed by atoms with Crippen LogP contribution in [-0.2, 0) is 6.54 Å². The van der Waals surface area contributed by atoms with Crippen LogP contribution in [0.1, 0.15) is 16.8 Å². The van der Waals surface area contributed by atoms with Gasteiger partial charge in [-0.25, -0.2) is 0 Å². The van der Waals surface area contributed by atoms with Crippen molar-refractivity contribution in [3.63, 3.8) is 0 Å². The second-order valence-corrected chi connectivity index (χ2v) is 5.95. The lowest BCUT2D eigenvalue weighted by atomic mass is 10.1. The molecule has 1 aromatic heterocycles. The largest absolute Gasteiger partial charge is 0.294 e. The number of fused-ring (bicyclic) bond motifs is 2. The fourth-order valence-electron chi connectivity index (χ4n) is 3.23. The molecule has 3 aromatic carbocycles. The molecule has 0 radical (unpaired) electrons. The summed E-state index contributed by atoms with van der Waals surface area (Å²) >= 11 is 0. The molecule has 1 heterocycles. The lowest BCUT2D eigenvalue weighted by Crippen LogP contribution is -2.36. The number of nitrogens with zero attached hydrogens (tertiary/aromatic N) is 1. The fraction of sp³-hybridized carbons (Fsp3) is 0.0909. The quantitative estimate of drug-likeness (QED) is 0.307. The highest BCUT2D eigenvalue weighted by Gasteiger charge is 2.16. The number of ketones is 1. The zero-order valence-corrected chi connectivity index (χ0v) is 13.4. The van der Waals surface area contributed by atoms with E-state index in [-0.39, 0.29) is 5.78 Å². The normalized spacial score (nSPS) is 11.0. The van der Waals surface area contributed by atoms with E-state index in [1.165, 1.54) is 10.8 Å². The standard InChI is InChI=1S/C22H18NO/c24-22(17-8-2-1-3-9-17)14-15-23-20-12-6-4-10-18(20)16-19-11-5-7-13-21(19)23/h1-13,16H,14-15H2/q+1. The number of para-hydroxylation sites is 2. The number of pyridine rings is 1. The van der Waals surface area contributed by atoms with Gasteiger partial charge in [0.05, 0.1) is 6.42 Å². The van der Waals surface area contributed by atoms with Crippen molar-refractivity contribution in [3.8, 4) is 0 Å². The van der Waals surface area contributed by atoms with E-state index in [2.05, 4.69) is 47.0 Å². The van der Waals surface area contributed by atoms with Crippen LogP contribution in [0.25, 0.3) is 21.8 Å². The molecular weight excluding hydrogens is 294 g/mol. The molecule has 0 atom stereocenters. The minimum Gasteiger partial charge on any atom is -0.294 e. The molecule has 0 saturated heterocycles. The first kappa shape index (κ1) is 14.6. The van der Waals surface area contributed by atoms with Gasteiger partial charge in [-0.05, 0) is 18.2 Å². The zero-order valence-electron chi connectivity index (χ0n) is 13.4. The van der Waals surface area contributed by atoms with Gasteiger partial charge in [-0.3, -0.25) is 4.79 Å². The summed E-state index contributed by atoms with van der Waals surface area (Å²) in [7, 11) is 0. The average molecular weight is 312 g/mol. The van der Waals surface area contributed by atoms with Crippen LogP contribution < -0.4 is 4.57 Å². The van der Waals surface area contributed by atoms with E-state index in [0.717, 1.165) is 16.6 Å². The van der Waals surface area contributed by atoms with E-state index in [4.69, 9.17) is 0 Å². The summed E-state index contributed by atoms with van der Waals surface area (Å²) in [4.78, 5) is 12.5. The summed E-state index contributed by atoms with van der Waals surface area (Å²) in [5.41, 5.74) is 3.11. The molecule has 24 heavy (non-hydrogen) atoms. The summed E-state index contributed by atoms with van der Waals surface area (Å²) < 4.78 is 2.26. The Morgan fingerprint density at radius 2 is 1.25 bits per heavy atom. The zero-order chi connectivity index (χ0) is 16.4. The third-order valence-corrected chi connectivity index (χ3v) is 4.42. The van der Waals surface area contributed by atoms with Gasteiger partial charge in [0.25, 0.3) is 0 Å². The van der Waals surface area contributed by atoms with Crippen molar-refractivity contribution in [3.05, 3.63) is 90.5 Å². The summed E-state index contributed by atoms with van der Waals surface area (Å²) in [6.07, 6.45) is 0.493. The van der Waals surface area contributed by atoms with E-state index >= 15 is 0 Å². The van der Waals surface area contributed by atoms with Gasteiger partial charge in [0, 0.05) is 28.5 Å². The van der Waals surface area contributed by atoms with Crippen LogP contribution in [0.4, 0.5) is 0 Å². The third-order valence-electron chi connectivity index (χ3n) is 4.42.